The number of halogens is 1. The molecule has 1 saturated heterocycles. The normalized spacial score (nSPS) is 21.5. The fourth-order valence-electron chi connectivity index (χ4n) is 2.07. The third kappa shape index (κ3) is 2.70. The highest BCUT2D eigenvalue weighted by Crippen LogP contribution is 2.22. The van der Waals surface area contributed by atoms with E-state index in [0.717, 1.165) is 18.8 Å². The molecule has 1 aliphatic heterocycles. The number of aliphatic carboxylic acids is 1. The molecule has 1 N–H and O–H groups in total. The second-order valence-electron chi connectivity index (χ2n) is 4.29. The number of rotatable bonds is 2. The number of carbonyl (C=O) groups is 1. The van der Waals surface area contributed by atoms with Crippen LogP contribution in [0.3, 0.4) is 0 Å². The molecule has 4 nitrogen and oxygen atoms in total. The smallest absolute Gasteiger partial charge is 0.327 e. The van der Waals surface area contributed by atoms with Gasteiger partial charge in [0.1, 0.15) is 6.04 Å². The van der Waals surface area contributed by atoms with Crippen molar-refractivity contribution in [2.24, 2.45) is 0 Å². The van der Waals surface area contributed by atoms with E-state index in [0.29, 0.717) is 11.6 Å². The number of hydrogen-bond donors (Lipinski definition) is 1. The molecule has 17 heavy (non-hydrogen) atoms. The van der Waals surface area contributed by atoms with Gasteiger partial charge in [0.25, 0.3) is 0 Å². The summed E-state index contributed by atoms with van der Waals surface area (Å²) in [6, 6.07) is 6.81. The van der Waals surface area contributed by atoms with Crippen molar-refractivity contribution in [3.63, 3.8) is 0 Å². The first-order valence-electron chi connectivity index (χ1n) is 5.51. The molecule has 0 spiro atoms. The van der Waals surface area contributed by atoms with Crippen molar-refractivity contribution >= 4 is 23.3 Å². The molecule has 0 radical (unpaired) electrons. The molecule has 0 bridgehead atoms. The molecule has 1 heterocycles. The van der Waals surface area contributed by atoms with Gasteiger partial charge in [0, 0.05) is 30.3 Å². The molecular formula is C12H15ClN2O2. The Balaban J connectivity index is 2.23. The highest BCUT2D eigenvalue weighted by Gasteiger charge is 2.30. The first-order valence-corrected chi connectivity index (χ1v) is 5.89. The number of piperazine rings is 1. The number of benzene rings is 1. The van der Waals surface area contributed by atoms with Crippen molar-refractivity contribution in [2.45, 2.75) is 6.04 Å². The van der Waals surface area contributed by atoms with Gasteiger partial charge in [0.05, 0.1) is 0 Å². The van der Waals surface area contributed by atoms with Crippen LogP contribution >= 0.6 is 11.6 Å². The first-order chi connectivity index (χ1) is 8.08. The van der Waals surface area contributed by atoms with Crippen LogP contribution in [0, 0.1) is 0 Å². The standard InChI is InChI=1S/C12H15ClN2O2/c1-14-6-7-15(11(8-14)12(16)17)10-4-2-9(13)3-5-10/h2-5,11H,6-8H2,1H3,(H,16,17). The van der Waals surface area contributed by atoms with Gasteiger partial charge in [-0.05, 0) is 31.3 Å². The van der Waals surface area contributed by atoms with Gasteiger partial charge in [-0.15, -0.1) is 0 Å². The van der Waals surface area contributed by atoms with E-state index in [2.05, 4.69) is 0 Å². The Labute approximate surface area is 105 Å². The predicted molar refractivity (Wildman–Crippen MR) is 67.7 cm³/mol. The molecule has 1 fully saturated rings. The molecule has 1 aromatic rings. The van der Waals surface area contributed by atoms with E-state index >= 15 is 0 Å². The van der Waals surface area contributed by atoms with Crippen LogP contribution in [0.15, 0.2) is 24.3 Å². The first kappa shape index (κ1) is 12.2. The third-order valence-corrected chi connectivity index (χ3v) is 3.28. The Bertz CT molecular complexity index is 407. The van der Waals surface area contributed by atoms with Crippen molar-refractivity contribution in [2.75, 3.05) is 31.6 Å². The van der Waals surface area contributed by atoms with E-state index in [4.69, 9.17) is 11.6 Å². The van der Waals surface area contributed by atoms with Crippen LogP contribution in [-0.2, 0) is 4.79 Å². The maximum atomic E-state index is 11.3. The van der Waals surface area contributed by atoms with E-state index in [-0.39, 0.29) is 0 Å². The minimum atomic E-state index is -0.786. The average molecular weight is 255 g/mol. The van der Waals surface area contributed by atoms with Gasteiger partial charge in [-0.3, -0.25) is 0 Å². The third-order valence-electron chi connectivity index (χ3n) is 3.03. The molecule has 0 amide bonds. The van der Waals surface area contributed by atoms with E-state index in [1.54, 1.807) is 12.1 Å². The number of carboxylic acids is 1. The highest BCUT2D eigenvalue weighted by molar-refractivity contribution is 6.30. The number of anilines is 1. The summed E-state index contributed by atoms with van der Waals surface area (Å²) in [7, 11) is 1.94. The Kier molecular flexibility index (Phi) is 3.54. The van der Waals surface area contributed by atoms with Crippen LogP contribution in [0.5, 0.6) is 0 Å². The minimum Gasteiger partial charge on any atom is -0.480 e. The summed E-state index contributed by atoms with van der Waals surface area (Å²) < 4.78 is 0. The van der Waals surface area contributed by atoms with Gasteiger partial charge < -0.3 is 14.9 Å². The van der Waals surface area contributed by atoms with Gasteiger partial charge in [-0.2, -0.15) is 0 Å². The van der Waals surface area contributed by atoms with Crippen LogP contribution in [0.2, 0.25) is 5.02 Å². The monoisotopic (exact) mass is 254 g/mol. The Morgan fingerprint density at radius 1 is 1.35 bits per heavy atom. The Hall–Kier alpha value is -1.26. The lowest BCUT2D eigenvalue weighted by Gasteiger charge is -2.39. The quantitative estimate of drug-likeness (QED) is 0.870. The molecule has 0 saturated carbocycles. The Morgan fingerprint density at radius 3 is 2.59 bits per heavy atom. The van der Waals surface area contributed by atoms with Gasteiger partial charge in [-0.1, -0.05) is 11.6 Å². The molecular weight excluding hydrogens is 240 g/mol. The second-order valence-corrected chi connectivity index (χ2v) is 4.72. The van der Waals surface area contributed by atoms with Crippen LogP contribution < -0.4 is 4.90 Å². The molecule has 2 rings (SSSR count). The summed E-state index contributed by atoms with van der Waals surface area (Å²) in [5.74, 6) is -0.786. The molecule has 0 aliphatic carbocycles. The molecule has 1 aromatic carbocycles. The molecule has 5 heteroatoms. The number of carboxylic acid groups (broad SMARTS) is 1. The largest absolute Gasteiger partial charge is 0.480 e. The summed E-state index contributed by atoms with van der Waals surface area (Å²) in [5.41, 5.74) is 0.912. The van der Waals surface area contributed by atoms with Crippen LogP contribution in [-0.4, -0.2) is 48.7 Å². The van der Waals surface area contributed by atoms with Crippen molar-refractivity contribution in [3.05, 3.63) is 29.3 Å². The topological polar surface area (TPSA) is 43.8 Å². The average Bonchev–Trinajstić information content (AvgIpc) is 2.30. The van der Waals surface area contributed by atoms with Gasteiger partial charge in [0.2, 0.25) is 0 Å². The fourth-order valence-corrected chi connectivity index (χ4v) is 2.20. The summed E-state index contributed by atoms with van der Waals surface area (Å²) in [4.78, 5) is 15.2. The van der Waals surface area contributed by atoms with Crippen LogP contribution in [0.1, 0.15) is 0 Å². The van der Waals surface area contributed by atoms with E-state index < -0.39 is 12.0 Å². The lowest BCUT2D eigenvalue weighted by molar-refractivity contribution is -0.139. The lowest BCUT2D eigenvalue weighted by atomic mass is 10.1. The molecule has 92 valence electrons. The lowest BCUT2D eigenvalue weighted by Crippen LogP contribution is -2.55. The molecule has 1 aliphatic rings. The number of hydrogen-bond acceptors (Lipinski definition) is 3. The zero-order valence-electron chi connectivity index (χ0n) is 9.64. The van der Waals surface area contributed by atoms with Crippen LogP contribution in [0.25, 0.3) is 0 Å². The summed E-state index contributed by atoms with van der Waals surface area (Å²) in [5, 5.41) is 9.91. The van der Waals surface area contributed by atoms with E-state index in [1.807, 2.05) is 29.0 Å². The summed E-state index contributed by atoms with van der Waals surface area (Å²) in [6.07, 6.45) is 0. The van der Waals surface area contributed by atoms with Crippen molar-refractivity contribution in [1.82, 2.24) is 4.90 Å². The SMILES string of the molecule is CN1CCN(c2ccc(Cl)cc2)C(C(=O)O)C1. The van der Waals surface area contributed by atoms with Gasteiger partial charge in [-0.25, -0.2) is 4.79 Å². The van der Waals surface area contributed by atoms with Gasteiger partial charge >= 0.3 is 5.97 Å². The van der Waals surface area contributed by atoms with Crippen molar-refractivity contribution < 1.29 is 9.90 Å². The number of likely N-dealkylation sites (N-methyl/N-ethyl adjacent to an activating group) is 1. The van der Waals surface area contributed by atoms with Crippen molar-refractivity contribution in [1.29, 1.82) is 0 Å². The minimum absolute atomic E-state index is 0.491. The van der Waals surface area contributed by atoms with E-state index in [9.17, 15) is 9.90 Å². The fraction of sp³-hybridized carbons (Fsp3) is 0.417. The second kappa shape index (κ2) is 4.94. The van der Waals surface area contributed by atoms with Gasteiger partial charge in [0.15, 0.2) is 0 Å². The highest BCUT2D eigenvalue weighted by atomic mass is 35.5. The van der Waals surface area contributed by atoms with Crippen molar-refractivity contribution in [3.8, 4) is 0 Å². The molecule has 0 aromatic heterocycles. The molecule has 1 atom stereocenters. The summed E-state index contributed by atoms with van der Waals surface area (Å²) in [6.45, 7) is 2.12. The zero-order chi connectivity index (χ0) is 12.4. The molecule has 1 unspecified atom stereocenters. The number of nitrogens with zero attached hydrogens (tertiary/aromatic N) is 2. The maximum Gasteiger partial charge on any atom is 0.327 e. The summed E-state index contributed by atoms with van der Waals surface area (Å²) >= 11 is 5.83. The predicted octanol–water partition coefficient (Wildman–Crippen LogP) is 1.54. The zero-order valence-corrected chi connectivity index (χ0v) is 10.4. The Morgan fingerprint density at radius 2 is 2.00 bits per heavy atom. The maximum absolute atomic E-state index is 11.3. The van der Waals surface area contributed by atoms with Crippen LogP contribution in [0.4, 0.5) is 5.69 Å². The van der Waals surface area contributed by atoms with E-state index in [1.165, 1.54) is 0 Å².